The molecule has 0 fully saturated rings. The van der Waals surface area contributed by atoms with Crippen molar-refractivity contribution < 1.29 is 14.7 Å². The lowest BCUT2D eigenvalue weighted by molar-refractivity contribution is -0.120. The zero-order valence-corrected chi connectivity index (χ0v) is 8.49. The van der Waals surface area contributed by atoms with E-state index in [-0.39, 0.29) is 11.5 Å². The second-order valence-electron chi connectivity index (χ2n) is 3.13. The van der Waals surface area contributed by atoms with Gasteiger partial charge in [0.25, 0.3) is 0 Å². The van der Waals surface area contributed by atoms with Gasteiger partial charge in [-0.25, -0.2) is 4.79 Å². The normalized spacial score (nSPS) is 9.67. The smallest absolute Gasteiger partial charge is 0.335 e. The fraction of sp³-hybridized carbons (Fsp3) is 0.273. The molecule has 0 atom stereocenters. The van der Waals surface area contributed by atoms with E-state index in [0.29, 0.717) is 13.0 Å². The zero-order chi connectivity index (χ0) is 11.3. The number of rotatable bonds is 4. The van der Waals surface area contributed by atoms with Gasteiger partial charge in [0, 0.05) is 13.0 Å². The number of carboxylic acids is 1. The number of carbonyl (C=O) groups is 2. The topological polar surface area (TPSA) is 66.4 Å². The van der Waals surface area contributed by atoms with Gasteiger partial charge < -0.3 is 10.4 Å². The monoisotopic (exact) mass is 207 g/mol. The standard InChI is InChI=1S/C11H13NO3/c1-2-10(13)12-7-8-3-5-9(6-4-8)11(14)15/h3-6H,2,7H2,1H3,(H,12,13)(H,14,15). The van der Waals surface area contributed by atoms with Crippen LogP contribution in [0.15, 0.2) is 24.3 Å². The lowest BCUT2D eigenvalue weighted by Crippen LogP contribution is -2.21. The molecule has 1 aromatic rings. The van der Waals surface area contributed by atoms with E-state index in [2.05, 4.69) is 5.32 Å². The fourth-order valence-electron chi connectivity index (χ4n) is 1.09. The molecule has 1 rings (SSSR count). The number of carboxylic acid groups (broad SMARTS) is 1. The lowest BCUT2D eigenvalue weighted by atomic mass is 10.1. The van der Waals surface area contributed by atoms with E-state index < -0.39 is 5.97 Å². The SMILES string of the molecule is CCC(=O)NCc1ccc(C(=O)O)cc1. The molecule has 0 spiro atoms. The predicted octanol–water partition coefficient (Wildman–Crippen LogP) is 1.41. The zero-order valence-electron chi connectivity index (χ0n) is 8.49. The maximum absolute atomic E-state index is 11.0. The third-order valence-corrected chi connectivity index (χ3v) is 2.01. The first-order valence-corrected chi connectivity index (χ1v) is 4.72. The highest BCUT2D eigenvalue weighted by atomic mass is 16.4. The molecule has 0 aliphatic heterocycles. The quantitative estimate of drug-likeness (QED) is 0.784. The van der Waals surface area contributed by atoms with Gasteiger partial charge in [-0.15, -0.1) is 0 Å². The minimum Gasteiger partial charge on any atom is -0.478 e. The van der Waals surface area contributed by atoms with Gasteiger partial charge in [-0.2, -0.15) is 0 Å². The molecule has 0 heterocycles. The summed E-state index contributed by atoms with van der Waals surface area (Å²) in [5, 5.41) is 11.4. The van der Waals surface area contributed by atoms with Crippen LogP contribution >= 0.6 is 0 Å². The number of hydrogen-bond donors (Lipinski definition) is 2. The Morgan fingerprint density at radius 2 is 1.87 bits per heavy atom. The highest BCUT2D eigenvalue weighted by Crippen LogP contribution is 2.04. The van der Waals surface area contributed by atoms with Gasteiger partial charge in [0.15, 0.2) is 0 Å². The summed E-state index contributed by atoms with van der Waals surface area (Å²) < 4.78 is 0. The molecule has 0 saturated carbocycles. The van der Waals surface area contributed by atoms with Crippen LogP contribution in [0, 0.1) is 0 Å². The Labute approximate surface area is 87.9 Å². The molecule has 15 heavy (non-hydrogen) atoms. The first-order chi connectivity index (χ1) is 7.13. The van der Waals surface area contributed by atoms with Crippen molar-refractivity contribution in [2.24, 2.45) is 0 Å². The van der Waals surface area contributed by atoms with E-state index in [4.69, 9.17) is 5.11 Å². The molecule has 0 aromatic heterocycles. The minimum atomic E-state index is -0.945. The van der Waals surface area contributed by atoms with Crippen LogP contribution in [-0.4, -0.2) is 17.0 Å². The summed E-state index contributed by atoms with van der Waals surface area (Å²) >= 11 is 0. The van der Waals surface area contributed by atoms with Crippen LogP contribution in [0.4, 0.5) is 0 Å². The van der Waals surface area contributed by atoms with Crippen molar-refractivity contribution in [3.8, 4) is 0 Å². The van der Waals surface area contributed by atoms with Crippen molar-refractivity contribution >= 4 is 11.9 Å². The first-order valence-electron chi connectivity index (χ1n) is 4.72. The number of aromatic carboxylic acids is 1. The van der Waals surface area contributed by atoms with E-state index in [1.54, 1.807) is 19.1 Å². The van der Waals surface area contributed by atoms with Crippen LogP contribution in [0.2, 0.25) is 0 Å². The van der Waals surface area contributed by atoms with Crippen molar-refractivity contribution in [2.45, 2.75) is 19.9 Å². The van der Waals surface area contributed by atoms with Crippen LogP contribution in [0.1, 0.15) is 29.3 Å². The predicted molar refractivity (Wildman–Crippen MR) is 55.5 cm³/mol. The largest absolute Gasteiger partial charge is 0.478 e. The van der Waals surface area contributed by atoms with Gasteiger partial charge in [-0.05, 0) is 17.7 Å². The van der Waals surface area contributed by atoms with Crippen LogP contribution in [0.5, 0.6) is 0 Å². The highest BCUT2D eigenvalue weighted by Gasteiger charge is 2.02. The van der Waals surface area contributed by atoms with Gasteiger partial charge in [-0.3, -0.25) is 4.79 Å². The molecule has 2 N–H and O–H groups in total. The Hall–Kier alpha value is -1.84. The molecule has 1 aromatic carbocycles. The summed E-state index contributed by atoms with van der Waals surface area (Å²) in [7, 11) is 0. The first kappa shape index (κ1) is 11.2. The van der Waals surface area contributed by atoms with Crippen molar-refractivity contribution in [2.75, 3.05) is 0 Å². The van der Waals surface area contributed by atoms with Gasteiger partial charge in [0.2, 0.25) is 5.91 Å². The Balaban J connectivity index is 2.57. The number of benzene rings is 1. The second kappa shape index (κ2) is 5.14. The summed E-state index contributed by atoms with van der Waals surface area (Å²) in [6.07, 6.45) is 0.452. The molecule has 80 valence electrons. The van der Waals surface area contributed by atoms with E-state index in [9.17, 15) is 9.59 Å². The molecule has 0 radical (unpaired) electrons. The molecule has 0 saturated heterocycles. The summed E-state index contributed by atoms with van der Waals surface area (Å²) in [5.41, 5.74) is 1.14. The van der Waals surface area contributed by atoms with Crippen LogP contribution in [-0.2, 0) is 11.3 Å². The molecule has 0 aliphatic carbocycles. The number of carbonyl (C=O) groups excluding carboxylic acids is 1. The molecule has 0 unspecified atom stereocenters. The minimum absolute atomic E-state index is 0.0164. The third-order valence-electron chi connectivity index (χ3n) is 2.01. The Morgan fingerprint density at radius 3 is 2.33 bits per heavy atom. The molecule has 0 aliphatic rings. The number of hydrogen-bond acceptors (Lipinski definition) is 2. The fourth-order valence-corrected chi connectivity index (χ4v) is 1.09. The van der Waals surface area contributed by atoms with E-state index in [1.165, 1.54) is 12.1 Å². The van der Waals surface area contributed by atoms with Crippen molar-refractivity contribution in [3.05, 3.63) is 35.4 Å². The van der Waals surface area contributed by atoms with Crippen molar-refractivity contribution in [1.82, 2.24) is 5.32 Å². The average Bonchev–Trinajstić information content (AvgIpc) is 2.26. The molecular weight excluding hydrogens is 194 g/mol. The maximum Gasteiger partial charge on any atom is 0.335 e. The van der Waals surface area contributed by atoms with E-state index >= 15 is 0 Å². The maximum atomic E-state index is 11.0. The highest BCUT2D eigenvalue weighted by molar-refractivity contribution is 5.87. The van der Waals surface area contributed by atoms with Gasteiger partial charge in [0.05, 0.1) is 5.56 Å². The van der Waals surface area contributed by atoms with E-state index in [1.807, 2.05) is 0 Å². The van der Waals surface area contributed by atoms with Crippen molar-refractivity contribution in [1.29, 1.82) is 0 Å². The van der Waals surface area contributed by atoms with Crippen LogP contribution < -0.4 is 5.32 Å². The number of nitrogens with one attached hydrogen (secondary N) is 1. The third kappa shape index (κ3) is 3.42. The summed E-state index contributed by atoms with van der Waals surface area (Å²) in [4.78, 5) is 21.5. The summed E-state index contributed by atoms with van der Waals surface area (Å²) in [6.45, 7) is 2.22. The van der Waals surface area contributed by atoms with E-state index in [0.717, 1.165) is 5.56 Å². The van der Waals surface area contributed by atoms with Gasteiger partial charge in [0.1, 0.15) is 0 Å². The molecule has 0 bridgehead atoms. The molecule has 1 amide bonds. The van der Waals surface area contributed by atoms with Crippen molar-refractivity contribution in [3.63, 3.8) is 0 Å². The Kier molecular flexibility index (Phi) is 3.85. The van der Waals surface area contributed by atoms with Crippen LogP contribution in [0.3, 0.4) is 0 Å². The van der Waals surface area contributed by atoms with Gasteiger partial charge in [-0.1, -0.05) is 19.1 Å². The number of amides is 1. The average molecular weight is 207 g/mol. The molecule has 4 heteroatoms. The Morgan fingerprint density at radius 1 is 1.27 bits per heavy atom. The molecule has 4 nitrogen and oxygen atoms in total. The Bertz CT molecular complexity index is 357. The molecular formula is C11H13NO3. The van der Waals surface area contributed by atoms with Crippen LogP contribution in [0.25, 0.3) is 0 Å². The summed E-state index contributed by atoms with van der Waals surface area (Å²) in [6, 6.07) is 6.43. The summed E-state index contributed by atoms with van der Waals surface area (Å²) in [5.74, 6) is -0.962. The lowest BCUT2D eigenvalue weighted by Gasteiger charge is -2.03. The van der Waals surface area contributed by atoms with Gasteiger partial charge >= 0.3 is 5.97 Å². The second-order valence-corrected chi connectivity index (χ2v) is 3.13.